The van der Waals surface area contributed by atoms with Crippen LogP contribution < -0.4 is 10.1 Å². The normalized spacial score (nSPS) is 19.7. The van der Waals surface area contributed by atoms with E-state index in [9.17, 15) is 9.90 Å². The number of amides is 1. The maximum Gasteiger partial charge on any atom is 0.251 e. The highest BCUT2D eigenvalue weighted by Crippen LogP contribution is 2.28. The number of nitrogens with one attached hydrogen (secondary N) is 1. The number of nitrogens with zero attached hydrogens (tertiary/aromatic N) is 2. The second kappa shape index (κ2) is 8.90. The van der Waals surface area contributed by atoms with Gasteiger partial charge in [-0.05, 0) is 48.9 Å². The lowest BCUT2D eigenvalue weighted by Gasteiger charge is -2.38. The third-order valence-corrected chi connectivity index (χ3v) is 6.10. The van der Waals surface area contributed by atoms with Gasteiger partial charge in [0, 0.05) is 61.4 Å². The van der Waals surface area contributed by atoms with Gasteiger partial charge < -0.3 is 19.7 Å². The molecule has 30 heavy (non-hydrogen) atoms. The molecule has 4 rings (SSSR count). The third-order valence-electron chi connectivity index (χ3n) is 6.10. The van der Waals surface area contributed by atoms with Crippen molar-refractivity contribution in [1.82, 2.24) is 14.8 Å². The van der Waals surface area contributed by atoms with Crippen LogP contribution in [-0.4, -0.2) is 53.3 Å². The van der Waals surface area contributed by atoms with Gasteiger partial charge in [0.2, 0.25) is 0 Å². The number of ether oxygens (including phenoxy) is 1. The summed E-state index contributed by atoms with van der Waals surface area (Å²) in [5, 5.41) is 14.2. The van der Waals surface area contributed by atoms with Gasteiger partial charge in [0.25, 0.3) is 5.91 Å². The summed E-state index contributed by atoms with van der Waals surface area (Å²) in [6.07, 6.45) is 3.02. The quantitative estimate of drug-likeness (QED) is 0.660. The number of fused-ring (bicyclic) bond motifs is 1. The molecule has 1 aliphatic rings. The molecule has 158 valence electrons. The zero-order chi connectivity index (χ0) is 21.1. The minimum absolute atomic E-state index is 0.0709. The molecule has 0 bridgehead atoms. The van der Waals surface area contributed by atoms with Crippen LogP contribution in [0.3, 0.4) is 0 Å². The van der Waals surface area contributed by atoms with Crippen LogP contribution in [0.4, 0.5) is 0 Å². The SMILES string of the molecule is COc1ccc2c(c1)c(CN1CC[C@H](CO)[C@H](NC(=O)c3ccccc3)C1)cn2C. The number of hydrogen-bond acceptors (Lipinski definition) is 4. The Hall–Kier alpha value is -2.83. The van der Waals surface area contributed by atoms with E-state index in [0.29, 0.717) is 12.1 Å². The average molecular weight is 408 g/mol. The monoisotopic (exact) mass is 407 g/mol. The predicted octanol–water partition coefficient (Wildman–Crippen LogP) is 2.80. The molecule has 0 spiro atoms. The molecular weight excluding hydrogens is 378 g/mol. The summed E-state index contributed by atoms with van der Waals surface area (Å²) in [5.41, 5.74) is 3.06. The van der Waals surface area contributed by atoms with Crippen LogP contribution in [0.2, 0.25) is 0 Å². The molecule has 0 radical (unpaired) electrons. The molecule has 2 heterocycles. The molecule has 1 aliphatic heterocycles. The predicted molar refractivity (Wildman–Crippen MR) is 118 cm³/mol. The van der Waals surface area contributed by atoms with Crippen molar-refractivity contribution >= 4 is 16.8 Å². The van der Waals surface area contributed by atoms with Crippen LogP contribution in [-0.2, 0) is 13.6 Å². The number of aryl methyl sites for hydroxylation is 1. The number of carbonyl (C=O) groups excluding carboxylic acids is 1. The lowest BCUT2D eigenvalue weighted by molar-refractivity contribution is 0.0731. The van der Waals surface area contributed by atoms with Gasteiger partial charge in [-0.1, -0.05) is 18.2 Å². The van der Waals surface area contributed by atoms with E-state index in [1.165, 1.54) is 16.5 Å². The first kappa shape index (κ1) is 20.4. The number of aliphatic hydroxyl groups excluding tert-OH is 1. The Kier molecular flexibility index (Phi) is 6.06. The van der Waals surface area contributed by atoms with Gasteiger partial charge in [-0.3, -0.25) is 9.69 Å². The number of methoxy groups -OCH3 is 1. The van der Waals surface area contributed by atoms with Gasteiger partial charge in [-0.25, -0.2) is 0 Å². The molecule has 2 aromatic carbocycles. The van der Waals surface area contributed by atoms with Gasteiger partial charge in [-0.15, -0.1) is 0 Å². The van der Waals surface area contributed by atoms with Gasteiger partial charge >= 0.3 is 0 Å². The van der Waals surface area contributed by atoms with Gasteiger partial charge in [0.1, 0.15) is 5.75 Å². The summed E-state index contributed by atoms with van der Waals surface area (Å²) in [7, 11) is 3.74. The van der Waals surface area contributed by atoms with E-state index in [2.05, 4.69) is 40.2 Å². The number of carbonyl (C=O) groups is 1. The molecule has 2 atom stereocenters. The number of aliphatic hydroxyl groups is 1. The molecule has 6 nitrogen and oxygen atoms in total. The fraction of sp³-hybridized carbons (Fsp3) is 0.375. The Morgan fingerprint density at radius 3 is 2.77 bits per heavy atom. The number of benzene rings is 2. The number of rotatable bonds is 6. The summed E-state index contributed by atoms with van der Waals surface area (Å²) >= 11 is 0. The first-order valence-electron chi connectivity index (χ1n) is 10.4. The molecule has 0 saturated carbocycles. The van der Waals surface area contributed by atoms with Crippen molar-refractivity contribution in [3.05, 3.63) is 65.9 Å². The summed E-state index contributed by atoms with van der Waals surface area (Å²) in [4.78, 5) is 15.0. The van der Waals surface area contributed by atoms with Crippen molar-refractivity contribution in [1.29, 1.82) is 0 Å². The maximum atomic E-state index is 12.7. The average Bonchev–Trinajstić information content (AvgIpc) is 3.09. The summed E-state index contributed by atoms with van der Waals surface area (Å²) in [6.45, 7) is 2.48. The molecule has 1 fully saturated rings. The summed E-state index contributed by atoms with van der Waals surface area (Å²) in [6, 6.07) is 15.3. The van der Waals surface area contributed by atoms with Crippen LogP contribution in [0.5, 0.6) is 5.75 Å². The molecule has 1 saturated heterocycles. The second-order valence-electron chi connectivity index (χ2n) is 8.06. The zero-order valence-electron chi connectivity index (χ0n) is 17.5. The molecule has 1 aromatic heterocycles. The van der Waals surface area contributed by atoms with E-state index >= 15 is 0 Å². The molecule has 6 heteroatoms. The van der Waals surface area contributed by atoms with Crippen LogP contribution in [0.15, 0.2) is 54.7 Å². The van der Waals surface area contributed by atoms with Crippen LogP contribution >= 0.6 is 0 Å². The van der Waals surface area contributed by atoms with E-state index in [-0.39, 0.29) is 24.5 Å². The highest BCUT2D eigenvalue weighted by Gasteiger charge is 2.30. The lowest BCUT2D eigenvalue weighted by Crippen LogP contribution is -2.53. The van der Waals surface area contributed by atoms with E-state index in [1.54, 1.807) is 7.11 Å². The molecule has 2 N–H and O–H groups in total. The first-order valence-corrected chi connectivity index (χ1v) is 10.4. The van der Waals surface area contributed by atoms with E-state index in [4.69, 9.17) is 4.74 Å². The Labute approximate surface area is 177 Å². The van der Waals surface area contributed by atoms with Crippen molar-refractivity contribution in [2.45, 2.75) is 19.0 Å². The topological polar surface area (TPSA) is 66.7 Å². The number of piperidine rings is 1. The highest BCUT2D eigenvalue weighted by molar-refractivity contribution is 5.94. The summed E-state index contributed by atoms with van der Waals surface area (Å²) in [5.74, 6) is 0.833. The van der Waals surface area contributed by atoms with Gasteiger partial charge in [-0.2, -0.15) is 0 Å². The smallest absolute Gasteiger partial charge is 0.251 e. The van der Waals surface area contributed by atoms with E-state index < -0.39 is 0 Å². The Morgan fingerprint density at radius 2 is 2.03 bits per heavy atom. The first-order chi connectivity index (χ1) is 14.6. The molecule has 0 aliphatic carbocycles. The molecule has 3 aromatic rings. The van der Waals surface area contributed by atoms with Crippen LogP contribution in [0.1, 0.15) is 22.3 Å². The molecule has 0 unspecified atom stereocenters. The Morgan fingerprint density at radius 1 is 1.23 bits per heavy atom. The molecular formula is C24H29N3O3. The highest BCUT2D eigenvalue weighted by atomic mass is 16.5. The van der Waals surface area contributed by atoms with Gasteiger partial charge in [0.15, 0.2) is 0 Å². The van der Waals surface area contributed by atoms with Crippen molar-refractivity contribution in [2.75, 3.05) is 26.8 Å². The van der Waals surface area contributed by atoms with E-state index in [1.807, 2.05) is 36.4 Å². The van der Waals surface area contributed by atoms with Crippen molar-refractivity contribution < 1.29 is 14.6 Å². The number of likely N-dealkylation sites (tertiary alicyclic amines) is 1. The zero-order valence-corrected chi connectivity index (χ0v) is 17.5. The fourth-order valence-electron chi connectivity index (χ4n) is 4.38. The number of hydrogen-bond donors (Lipinski definition) is 2. The maximum absolute atomic E-state index is 12.7. The lowest BCUT2D eigenvalue weighted by atomic mass is 9.91. The van der Waals surface area contributed by atoms with E-state index in [0.717, 1.165) is 25.3 Å². The van der Waals surface area contributed by atoms with Crippen LogP contribution in [0, 0.1) is 5.92 Å². The summed E-state index contributed by atoms with van der Waals surface area (Å²) < 4.78 is 7.55. The largest absolute Gasteiger partial charge is 0.497 e. The van der Waals surface area contributed by atoms with Crippen molar-refractivity contribution in [3.8, 4) is 5.75 Å². The third kappa shape index (κ3) is 4.20. The standard InChI is InChI=1S/C24H29N3O3/c1-26-13-19(21-12-20(30-2)8-9-23(21)26)14-27-11-10-18(16-28)22(15-27)25-24(29)17-6-4-3-5-7-17/h3-9,12-13,18,22,28H,10-11,14-16H2,1-2H3,(H,25,29)/t18-,22-/m1/s1. The second-order valence-corrected chi connectivity index (χ2v) is 8.06. The minimum atomic E-state index is -0.0872. The van der Waals surface area contributed by atoms with Crippen molar-refractivity contribution in [3.63, 3.8) is 0 Å². The number of aromatic nitrogens is 1. The molecule has 1 amide bonds. The minimum Gasteiger partial charge on any atom is -0.497 e. The van der Waals surface area contributed by atoms with Gasteiger partial charge in [0.05, 0.1) is 7.11 Å². The van der Waals surface area contributed by atoms with Crippen molar-refractivity contribution in [2.24, 2.45) is 13.0 Å². The fourth-order valence-corrected chi connectivity index (χ4v) is 4.38. The van der Waals surface area contributed by atoms with Crippen LogP contribution in [0.25, 0.3) is 10.9 Å². The Bertz CT molecular complexity index is 1020. The Balaban J connectivity index is 1.50.